The monoisotopic (exact) mass is 327 g/mol. The van der Waals surface area contributed by atoms with Gasteiger partial charge in [-0.25, -0.2) is 15.1 Å². The van der Waals surface area contributed by atoms with Crippen molar-refractivity contribution in [3.05, 3.63) is 18.6 Å². The summed E-state index contributed by atoms with van der Waals surface area (Å²) in [5, 5.41) is 15.7. The molecule has 10 heteroatoms. The molecule has 2 heterocycles. The average Bonchev–Trinajstić information content (AvgIpc) is 3.00. The van der Waals surface area contributed by atoms with Crippen LogP contribution < -0.4 is 10.9 Å². The molecule has 3 atom stereocenters. The topological polar surface area (TPSA) is 146 Å². The fraction of sp³-hybridized carbons (Fsp3) is 0.500. The van der Waals surface area contributed by atoms with E-state index in [1.54, 1.807) is 0 Å². The highest BCUT2D eigenvalue weighted by molar-refractivity contribution is 7.84. The number of fused-ring (bicyclic) bond motifs is 1. The van der Waals surface area contributed by atoms with E-state index >= 15 is 0 Å². The summed E-state index contributed by atoms with van der Waals surface area (Å²) in [7, 11) is -4.00. The van der Waals surface area contributed by atoms with Gasteiger partial charge < -0.3 is 15.4 Å². The molecule has 0 amide bonds. The van der Waals surface area contributed by atoms with Crippen LogP contribution in [-0.4, -0.2) is 40.8 Å². The van der Waals surface area contributed by atoms with E-state index in [-0.39, 0.29) is 18.6 Å². The highest BCUT2D eigenvalue weighted by Gasteiger charge is 2.35. The van der Waals surface area contributed by atoms with E-state index in [4.69, 9.17) is 10.9 Å². The number of hydrogen-bond donors (Lipinski definition) is 3. The average molecular weight is 327 g/mol. The first-order chi connectivity index (χ1) is 10.3. The molecule has 0 aliphatic heterocycles. The maximum absolute atomic E-state index is 10.9. The van der Waals surface area contributed by atoms with E-state index in [1.165, 1.54) is 6.33 Å². The van der Waals surface area contributed by atoms with Gasteiger partial charge in [0.1, 0.15) is 17.8 Å². The van der Waals surface area contributed by atoms with E-state index in [9.17, 15) is 13.5 Å². The van der Waals surface area contributed by atoms with Crippen LogP contribution in [0.25, 0.3) is 11.0 Å². The van der Waals surface area contributed by atoms with Gasteiger partial charge in [0.25, 0.3) is 0 Å². The Balaban J connectivity index is 1.80. The van der Waals surface area contributed by atoms with Gasteiger partial charge in [-0.2, -0.15) is 8.42 Å². The lowest BCUT2D eigenvalue weighted by Crippen LogP contribution is -2.24. The smallest absolute Gasteiger partial charge is 0.333 e. The molecule has 0 saturated heterocycles. The van der Waals surface area contributed by atoms with Crippen molar-refractivity contribution in [2.45, 2.75) is 25.0 Å². The van der Waals surface area contributed by atoms with Gasteiger partial charge in [0.2, 0.25) is 0 Å². The Kier molecular flexibility index (Phi) is 3.77. The first kappa shape index (κ1) is 15.2. The summed E-state index contributed by atoms with van der Waals surface area (Å²) in [6.07, 6.45) is 3.61. The summed E-state index contributed by atoms with van der Waals surface area (Å²) in [6, 6.07) is 1.81. The molecule has 2 aromatic rings. The highest BCUT2D eigenvalue weighted by atomic mass is 32.2. The summed E-state index contributed by atoms with van der Waals surface area (Å²) in [6.45, 7) is -0.132. The lowest BCUT2D eigenvalue weighted by molar-refractivity contribution is 0.100. The quantitative estimate of drug-likeness (QED) is 0.688. The van der Waals surface area contributed by atoms with Crippen LogP contribution in [0.1, 0.15) is 18.9 Å². The van der Waals surface area contributed by atoms with Gasteiger partial charge in [-0.1, -0.05) is 0 Å². The zero-order valence-corrected chi connectivity index (χ0v) is 12.5. The molecule has 0 spiro atoms. The van der Waals surface area contributed by atoms with E-state index in [2.05, 4.69) is 14.2 Å². The van der Waals surface area contributed by atoms with Crippen LogP contribution >= 0.6 is 0 Å². The fourth-order valence-corrected chi connectivity index (χ4v) is 3.31. The molecule has 9 nitrogen and oxygen atoms in total. The number of aliphatic hydroxyl groups excluding tert-OH is 1. The van der Waals surface area contributed by atoms with Crippen LogP contribution in [0.4, 0.5) is 5.82 Å². The maximum Gasteiger partial charge on any atom is 0.333 e. The molecular formula is C12H17N5O4S. The number of nitrogens with two attached hydrogens (primary N) is 2. The highest BCUT2D eigenvalue weighted by Crippen LogP contribution is 2.37. The van der Waals surface area contributed by atoms with E-state index in [1.807, 2.05) is 16.8 Å². The van der Waals surface area contributed by atoms with Crippen molar-refractivity contribution in [2.24, 2.45) is 11.1 Å². The van der Waals surface area contributed by atoms with E-state index < -0.39 is 16.4 Å². The van der Waals surface area contributed by atoms with Crippen molar-refractivity contribution in [2.75, 3.05) is 12.3 Å². The van der Waals surface area contributed by atoms with Crippen molar-refractivity contribution in [1.82, 2.24) is 14.5 Å². The normalized spacial score (nSPS) is 25.8. The third-order valence-corrected chi connectivity index (χ3v) is 4.48. The van der Waals surface area contributed by atoms with Crippen LogP contribution in [0.5, 0.6) is 0 Å². The van der Waals surface area contributed by atoms with Gasteiger partial charge >= 0.3 is 10.3 Å². The molecule has 5 N–H and O–H groups in total. The van der Waals surface area contributed by atoms with E-state index in [0.717, 1.165) is 5.39 Å². The maximum atomic E-state index is 10.9. The molecule has 22 heavy (non-hydrogen) atoms. The summed E-state index contributed by atoms with van der Waals surface area (Å²) >= 11 is 0. The zero-order chi connectivity index (χ0) is 15.9. The number of aromatic nitrogens is 3. The molecule has 1 aliphatic carbocycles. The largest absolute Gasteiger partial charge is 0.393 e. The number of nitrogens with zero attached hydrogens (tertiary/aromatic N) is 3. The Morgan fingerprint density at radius 2 is 2.18 bits per heavy atom. The minimum atomic E-state index is -4.00. The van der Waals surface area contributed by atoms with E-state index in [0.29, 0.717) is 24.3 Å². The second-order valence-electron chi connectivity index (χ2n) is 5.45. The van der Waals surface area contributed by atoms with Gasteiger partial charge in [-0.05, 0) is 18.9 Å². The predicted octanol–water partition coefficient (Wildman–Crippen LogP) is -0.454. The van der Waals surface area contributed by atoms with Crippen LogP contribution in [0, 0.1) is 5.92 Å². The Labute approximate surface area is 127 Å². The number of aliphatic hydroxyl groups is 1. The summed E-state index contributed by atoms with van der Waals surface area (Å²) in [4.78, 5) is 8.16. The third kappa shape index (κ3) is 2.90. The van der Waals surface area contributed by atoms with Gasteiger partial charge in [0.05, 0.1) is 18.1 Å². The van der Waals surface area contributed by atoms with Crippen molar-refractivity contribution in [1.29, 1.82) is 0 Å². The number of rotatable bonds is 4. The van der Waals surface area contributed by atoms with Gasteiger partial charge in [0.15, 0.2) is 0 Å². The molecule has 0 radical (unpaired) electrons. The molecule has 3 rings (SSSR count). The Morgan fingerprint density at radius 1 is 1.41 bits per heavy atom. The molecule has 1 saturated carbocycles. The minimum Gasteiger partial charge on any atom is -0.393 e. The number of nitrogen functional groups attached to an aromatic ring is 1. The standard InChI is InChI=1S/C12H17N5O4S/c13-11-9-1-2-17(12(9)16-6-15-11)8-3-7(10(18)4-8)5-21-22(14,19)20/h1-2,6-8,10,18H,3-5H2,(H2,13,15,16)(H2,14,19,20)/t7-,8?,10-/m0/s1. The molecule has 0 aromatic carbocycles. The van der Waals surface area contributed by atoms with Crippen LogP contribution in [0.3, 0.4) is 0 Å². The Bertz CT molecular complexity index is 790. The summed E-state index contributed by atoms with van der Waals surface area (Å²) in [5.74, 6) is 0.0939. The lowest BCUT2D eigenvalue weighted by atomic mass is 10.1. The summed E-state index contributed by atoms with van der Waals surface area (Å²) < 4.78 is 28.2. The number of hydrogen-bond acceptors (Lipinski definition) is 7. The summed E-state index contributed by atoms with van der Waals surface area (Å²) in [5.41, 5.74) is 6.50. The molecule has 2 aromatic heterocycles. The van der Waals surface area contributed by atoms with Crippen LogP contribution in [0.15, 0.2) is 18.6 Å². The van der Waals surface area contributed by atoms with Gasteiger partial charge in [-0.15, -0.1) is 0 Å². The minimum absolute atomic E-state index is 0.0177. The lowest BCUT2D eigenvalue weighted by Gasteiger charge is -2.14. The molecule has 1 fully saturated rings. The third-order valence-electron chi connectivity index (χ3n) is 4.01. The molecule has 0 bridgehead atoms. The van der Waals surface area contributed by atoms with Crippen LogP contribution in [0.2, 0.25) is 0 Å². The van der Waals surface area contributed by atoms with Gasteiger partial charge in [-0.3, -0.25) is 4.18 Å². The van der Waals surface area contributed by atoms with Crippen molar-refractivity contribution >= 4 is 27.2 Å². The van der Waals surface area contributed by atoms with Gasteiger partial charge in [0, 0.05) is 18.2 Å². The number of anilines is 1. The zero-order valence-electron chi connectivity index (χ0n) is 11.7. The predicted molar refractivity (Wildman–Crippen MR) is 78.8 cm³/mol. The molecule has 1 aliphatic rings. The van der Waals surface area contributed by atoms with Crippen LogP contribution in [-0.2, 0) is 14.5 Å². The first-order valence-electron chi connectivity index (χ1n) is 6.77. The van der Waals surface area contributed by atoms with Crippen molar-refractivity contribution < 1.29 is 17.7 Å². The molecule has 120 valence electrons. The molecule has 1 unspecified atom stereocenters. The SMILES string of the molecule is Nc1ncnc2c1ccn2C1C[C@@H](COS(N)(=O)=O)[C@@H](O)C1. The molecular weight excluding hydrogens is 310 g/mol. The second-order valence-corrected chi connectivity index (χ2v) is 6.67. The first-order valence-corrected chi connectivity index (χ1v) is 8.24. The Morgan fingerprint density at radius 3 is 2.91 bits per heavy atom. The van der Waals surface area contributed by atoms with Crippen molar-refractivity contribution in [3.8, 4) is 0 Å². The van der Waals surface area contributed by atoms with Crippen molar-refractivity contribution in [3.63, 3.8) is 0 Å². The second kappa shape index (κ2) is 5.47. The Hall–Kier alpha value is -1.75. The fourth-order valence-electron chi connectivity index (χ4n) is 2.95.